The summed E-state index contributed by atoms with van der Waals surface area (Å²) in [6.07, 6.45) is 3.44. The molecule has 2 aliphatic heterocycles. The zero-order chi connectivity index (χ0) is 14.8. The summed E-state index contributed by atoms with van der Waals surface area (Å²) in [5.41, 5.74) is 0. The van der Waals surface area contributed by atoms with Gasteiger partial charge in [-0.2, -0.15) is 5.10 Å². The van der Waals surface area contributed by atoms with Crippen LogP contribution in [0.15, 0.2) is 12.7 Å². The molecule has 0 atom stereocenters. The Balaban J connectivity index is 1.54. The highest BCUT2D eigenvalue weighted by Crippen LogP contribution is 2.20. The number of carbonyl (C=O) groups excluding carboxylic acids is 3. The average Bonchev–Trinajstić information content (AvgIpc) is 3.09. The van der Waals surface area contributed by atoms with Crippen LogP contribution in [0.3, 0.4) is 0 Å². The first-order valence-corrected chi connectivity index (χ1v) is 6.74. The van der Waals surface area contributed by atoms with Crippen LogP contribution in [-0.2, 0) is 20.9 Å². The van der Waals surface area contributed by atoms with Crippen molar-refractivity contribution >= 4 is 17.9 Å². The van der Waals surface area contributed by atoms with Crippen molar-refractivity contribution in [3.05, 3.63) is 12.7 Å². The van der Waals surface area contributed by atoms with Crippen LogP contribution in [0.1, 0.15) is 12.8 Å². The maximum atomic E-state index is 12.1. The van der Waals surface area contributed by atoms with E-state index in [9.17, 15) is 14.4 Å². The minimum atomic E-state index is -0.576. The van der Waals surface area contributed by atoms with E-state index in [1.54, 1.807) is 4.90 Å². The molecule has 9 heteroatoms. The normalized spacial score (nSPS) is 20.0. The third-order valence-electron chi connectivity index (χ3n) is 3.73. The molecule has 9 nitrogen and oxygen atoms in total. The van der Waals surface area contributed by atoms with E-state index in [1.165, 1.54) is 22.2 Å². The molecule has 112 valence electrons. The molecule has 3 rings (SSSR count). The largest absolute Gasteiger partial charge is 0.439 e. The van der Waals surface area contributed by atoms with Gasteiger partial charge in [-0.15, -0.1) is 0 Å². The standard InChI is InChI=1S/C12H15N5O4/c18-10(5-16-8-13-7-14-16)15-3-1-9(2-4-15)17-11(19)6-21-12(17)20/h7-9H,1-6H2. The Morgan fingerprint density at radius 1 is 1.33 bits per heavy atom. The number of nitrogens with zero attached hydrogens (tertiary/aromatic N) is 5. The van der Waals surface area contributed by atoms with Crippen molar-refractivity contribution in [2.45, 2.75) is 25.4 Å². The maximum Gasteiger partial charge on any atom is 0.417 e. The van der Waals surface area contributed by atoms with Crippen LogP contribution in [0.4, 0.5) is 4.79 Å². The number of imide groups is 1. The maximum absolute atomic E-state index is 12.1. The molecule has 0 radical (unpaired) electrons. The number of hydrogen-bond acceptors (Lipinski definition) is 6. The van der Waals surface area contributed by atoms with Gasteiger partial charge in [0.25, 0.3) is 5.91 Å². The van der Waals surface area contributed by atoms with Gasteiger partial charge in [0, 0.05) is 19.1 Å². The van der Waals surface area contributed by atoms with Crippen LogP contribution in [0, 0.1) is 0 Å². The summed E-state index contributed by atoms with van der Waals surface area (Å²) < 4.78 is 6.18. The molecule has 3 amide bonds. The van der Waals surface area contributed by atoms with Crippen molar-refractivity contribution in [1.82, 2.24) is 24.6 Å². The summed E-state index contributed by atoms with van der Waals surface area (Å²) in [6.45, 7) is 0.990. The predicted octanol–water partition coefficient (Wildman–Crippen LogP) is -0.752. The van der Waals surface area contributed by atoms with E-state index in [4.69, 9.17) is 4.74 Å². The van der Waals surface area contributed by atoms with Gasteiger partial charge in [0.05, 0.1) is 0 Å². The van der Waals surface area contributed by atoms with E-state index in [1.807, 2.05) is 0 Å². The number of aromatic nitrogens is 3. The van der Waals surface area contributed by atoms with Gasteiger partial charge in [-0.3, -0.25) is 9.59 Å². The molecule has 3 heterocycles. The number of cyclic esters (lactones) is 1. The SMILES string of the molecule is O=C(Cn1cncn1)N1CCC(N2C(=O)COC2=O)CC1. The minimum Gasteiger partial charge on any atom is -0.439 e. The lowest BCUT2D eigenvalue weighted by atomic mass is 10.0. The molecule has 2 aliphatic rings. The number of carbonyl (C=O) groups is 3. The fraction of sp³-hybridized carbons (Fsp3) is 0.583. The van der Waals surface area contributed by atoms with Crippen LogP contribution < -0.4 is 0 Å². The van der Waals surface area contributed by atoms with Crippen LogP contribution in [0.2, 0.25) is 0 Å². The van der Waals surface area contributed by atoms with Crippen molar-refractivity contribution < 1.29 is 19.1 Å². The molecule has 2 saturated heterocycles. The number of rotatable bonds is 3. The molecule has 0 spiro atoms. The van der Waals surface area contributed by atoms with Gasteiger partial charge in [0.15, 0.2) is 6.61 Å². The molecular formula is C12H15N5O4. The first kappa shape index (κ1) is 13.5. The minimum absolute atomic E-state index is 0.0470. The summed E-state index contributed by atoms with van der Waals surface area (Å²) in [7, 11) is 0. The molecule has 0 unspecified atom stereocenters. The van der Waals surface area contributed by atoms with Gasteiger partial charge in [-0.1, -0.05) is 0 Å². The van der Waals surface area contributed by atoms with Crippen LogP contribution in [0.25, 0.3) is 0 Å². The van der Waals surface area contributed by atoms with Crippen LogP contribution in [0.5, 0.6) is 0 Å². The van der Waals surface area contributed by atoms with Crippen molar-refractivity contribution in [2.75, 3.05) is 19.7 Å². The fourth-order valence-electron chi connectivity index (χ4n) is 2.64. The smallest absolute Gasteiger partial charge is 0.417 e. The molecule has 1 aromatic heterocycles. The highest BCUT2D eigenvalue weighted by Gasteiger charge is 2.38. The summed E-state index contributed by atoms with van der Waals surface area (Å²) >= 11 is 0. The average molecular weight is 293 g/mol. The van der Waals surface area contributed by atoms with E-state index >= 15 is 0 Å². The third-order valence-corrected chi connectivity index (χ3v) is 3.73. The number of piperidine rings is 1. The first-order chi connectivity index (χ1) is 10.1. The number of hydrogen-bond donors (Lipinski definition) is 0. The monoisotopic (exact) mass is 293 g/mol. The molecule has 0 aromatic carbocycles. The van der Waals surface area contributed by atoms with Gasteiger partial charge < -0.3 is 9.64 Å². The van der Waals surface area contributed by atoms with Gasteiger partial charge >= 0.3 is 6.09 Å². The van der Waals surface area contributed by atoms with Crippen LogP contribution in [-0.4, -0.2) is 68.2 Å². The highest BCUT2D eigenvalue weighted by atomic mass is 16.6. The van der Waals surface area contributed by atoms with Gasteiger partial charge in [0.2, 0.25) is 5.91 Å². The predicted molar refractivity (Wildman–Crippen MR) is 67.8 cm³/mol. The summed E-state index contributed by atoms with van der Waals surface area (Å²) in [5, 5.41) is 3.89. The van der Waals surface area contributed by atoms with Gasteiger partial charge in [0.1, 0.15) is 19.2 Å². The first-order valence-electron chi connectivity index (χ1n) is 6.74. The molecule has 0 aliphatic carbocycles. The zero-order valence-corrected chi connectivity index (χ0v) is 11.3. The van der Waals surface area contributed by atoms with E-state index in [0.717, 1.165) is 0 Å². The topological polar surface area (TPSA) is 97.6 Å². The van der Waals surface area contributed by atoms with Crippen molar-refractivity contribution in [3.63, 3.8) is 0 Å². The molecule has 2 fully saturated rings. The number of amides is 3. The lowest BCUT2D eigenvalue weighted by molar-refractivity contribution is -0.134. The van der Waals surface area contributed by atoms with Gasteiger partial charge in [-0.05, 0) is 12.8 Å². The lowest BCUT2D eigenvalue weighted by Gasteiger charge is -2.34. The molecule has 0 saturated carbocycles. The number of likely N-dealkylation sites (tertiary alicyclic amines) is 1. The van der Waals surface area contributed by atoms with Crippen LogP contribution >= 0.6 is 0 Å². The Morgan fingerprint density at radius 3 is 2.67 bits per heavy atom. The Hall–Kier alpha value is -2.45. The van der Waals surface area contributed by atoms with Crippen molar-refractivity contribution in [2.24, 2.45) is 0 Å². The fourth-order valence-corrected chi connectivity index (χ4v) is 2.64. The second-order valence-corrected chi connectivity index (χ2v) is 5.02. The molecule has 0 N–H and O–H groups in total. The Bertz CT molecular complexity index is 534. The Kier molecular flexibility index (Phi) is 3.55. The van der Waals surface area contributed by atoms with E-state index < -0.39 is 6.09 Å². The van der Waals surface area contributed by atoms with E-state index in [2.05, 4.69) is 10.1 Å². The van der Waals surface area contributed by atoms with Gasteiger partial charge in [-0.25, -0.2) is 19.4 Å². The Morgan fingerprint density at radius 2 is 2.10 bits per heavy atom. The van der Waals surface area contributed by atoms with E-state index in [0.29, 0.717) is 25.9 Å². The quantitative estimate of drug-likeness (QED) is 0.727. The van der Waals surface area contributed by atoms with E-state index in [-0.39, 0.29) is 31.0 Å². The second-order valence-electron chi connectivity index (χ2n) is 5.02. The zero-order valence-electron chi connectivity index (χ0n) is 11.3. The Labute approximate surface area is 120 Å². The molecule has 21 heavy (non-hydrogen) atoms. The lowest BCUT2D eigenvalue weighted by Crippen LogP contribution is -2.49. The third kappa shape index (κ3) is 2.71. The van der Waals surface area contributed by atoms with Crippen molar-refractivity contribution in [3.8, 4) is 0 Å². The number of ether oxygens (including phenoxy) is 1. The highest BCUT2D eigenvalue weighted by molar-refractivity contribution is 5.98. The summed E-state index contributed by atoms with van der Waals surface area (Å²) in [5.74, 6) is -0.346. The molecular weight excluding hydrogens is 278 g/mol. The summed E-state index contributed by atoms with van der Waals surface area (Å²) in [6, 6.07) is -0.178. The molecule has 0 bridgehead atoms. The summed E-state index contributed by atoms with van der Waals surface area (Å²) in [4.78, 5) is 41.9. The second kappa shape index (κ2) is 5.51. The van der Waals surface area contributed by atoms with Crippen molar-refractivity contribution in [1.29, 1.82) is 0 Å². The molecule has 1 aromatic rings.